The maximum atomic E-state index is 14.6. The third-order valence-electron chi connectivity index (χ3n) is 5.61. The Morgan fingerprint density at radius 1 is 1.03 bits per heavy atom. The van der Waals surface area contributed by atoms with Crippen LogP contribution in [0.15, 0.2) is 71.6 Å². The van der Waals surface area contributed by atoms with Crippen LogP contribution in [-0.2, 0) is 6.54 Å². The molecule has 0 amide bonds. The highest BCUT2D eigenvalue weighted by Crippen LogP contribution is 2.31. The molecule has 0 spiro atoms. The van der Waals surface area contributed by atoms with Crippen LogP contribution in [0.5, 0.6) is 5.75 Å². The minimum absolute atomic E-state index is 0.267. The Morgan fingerprint density at radius 3 is 2.61 bits per heavy atom. The number of nitrogens with one attached hydrogen (secondary N) is 1. The molecule has 0 atom stereocenters. The molecule has 3 aromatic heterocycles. The van der Waals surface area contributed by atoms with Crippen molar-refractivity contribution in [2.45, 2.75) is 13.5 Å². The predicted molar refractivity (Wildman–Crippen MR) is 125 cm³/mol. The van der Waals surface area contributed by atoms with Crippen molar-refractivity contribution in [2.24, 2.45) is 0 Å². The van der Waals surface area contributed by atoms with Crippen LogP contribution in [0.25, 0.3) is 33.5 Å². The zero-order chi connectivity index (χ0) is 22.8. The standard InChI is InChI=1S/C25H22FN5O2/c1-16-13-19-23(32-2)8-7-20(26)25(19)31(16)12-11-27-24-14-21(28-15-29-24)17-3-5-18(6-4-17)22-9-10-30-33-22/h3-10,13-15H,11-12H2,1-2H3,(H,27,28,29). The minimum atomic E-state index is -0.267. The number of benzene rings is 2. The molecule has 0 aliphatic heterocycles. The number of nitrogens with zero attached hydrogens (tertiary/aromatic N) is 4. The quantitative estimate of drug-likeness (QED) is 0.367. The van der Waals surface area contributed by atoms with Crippen molar-refractivity contribution in [3.8, 4) is 28.3 Å². The summed E-state index contributed by atoms with van der Waals surface area (Å²) in [5.74, 6) is 1.81. The molecule has 0 saturated carbocycles. The van der Waals surface area contributed by atoms with E-state index in [2.05, 4.69) is 20.4 Å². The van der Waals surface area contributed by atoms with Gasteiger partial charge in [-0.1, -0.05) is 29.4 Å². The van der Waals surface area contributed by atoms with Gasteiger partial charge in [-0.25, -0.2) is 14.4 Å². The van der Waals surface area contributed by atoms with E-state index in [-0.39, 0.29) is 5.82 Å². The van der Waals surface area contributed by atoms with Gasteiger partial charge in [0.2, 0.25) is 0 Å². The van der Waals surface area contributed by atoms with E-state index in [1.54, 1.807) is 19.4 Å². The third kappa shape index (κ3) is 4.03. The Bertz CT molecular complexity index is 1390. The van der Waals surface area contributed by atoms with Gasteiger partial charge in [0.05, 0.1) is 24.5 Å². The number of rotatable bonds is 7. The Hall–Kier alpha value is -4.20. The lowest BCUT2D eigenvalue weighted by Gasteiger charge is -2.12. The Labute approximate surface area is 189 Å². The van der Waals surface area contributed by atoms with Crippen molar-refractivity contribution in [3.05, 3.63) is 78.6 Å². The second-order valence-electron chi connectivity index (χ2n) is 7.62. The number of anilines is 1. The highest BCUT2D eigenvalue weighted by Gasteiger charge is 2.14. The number of hydrogen-bond acceptors (Lipinski definition) is 6. The fourth-order valence-electron chi connectivity index (χ4n) is 3.98. The third-order valence-corrected chi connectivity index (χ3v) is 5.61. The molecule has 5 rings (SSSR count). The highest BCUT2D eigenvalue weighted by molar-refractivity contribution is 5.88. The van der Waals surface area contributed by atoms with Crippen LogP contribution in [0, 0.1) is 12.7 Å². The van der Waals surface area contributed by atoms with E-state index >= 15 is 0 Å². The number of halogens is 1. The molecule has 0 radical (unpaired) electrons. The summed E-state index contributed by atoms with van der Waals surface area (Å²) in [6.07, 6.45) is 3.15. The van der Waals surface area contributed by atoms with Gasteiger partial charge >= 0.3 is 0 Å². The van der Waals surface area contributed by atoms with E-state index in [0.717, 1.165) is 27.9 Å². The molecule has 1 N–H and O–H groups in total. The lowest BCUT2D eigenvalue weighted by atomic mass is 10.1. The number of fused-ring (bicyclic) bond motifs is 1. The van der Waals surface area contributed by atoms with Crippen LogP contribution in [-0.4, -0.2) is 33.3 Å². The van der Waals surface area contributed by atoms with E-state index < -0.39 is 0 Å². The average molecular weight is 443 g/mol. The van der Waals surface area contributed by atoms with Gasteiger partial charge in [-0.05, 0) is 25.1 Å². The molecular formula is C25H22FN5O2. The van der Waals surface area contributed by atoms with Gasteiger partial charge < -0.3 is 19.1 Å². The van der Waals surface area contributed by atoms with Gasteiger partial charge in [0.15, 0.2) is 5.76 Å². The molecule has 3 heterocycles. The first-order valence-electron chi connectivity index (χ1n) is 10.5. The maximum absolute atomic E-state index is 14.6. The fourth-order valence-corrected chi connectivity index (χ4v) is 3.98. The molecule has 0 bridgehead atoms. The number of ether oxygens (including phenoxy) is 1. The summed E-state index contributed by atoms with van der Waals surface area (Å²) in [7, 11) is 1.59. The van der Waals surface area contributed by atoms with Crippen LogP contribution in [0.2, 0.25) is 0 Å². The van der Waals surface area contributed by atoms with E-state index in [1.165, 1.54) is 12.4 Å². The normalized spacial score (nSPS) is 11.1. The number of methoxy groups -OCH3 is 1. The summed E-state index contributed by atoms with van der Waals surface area (Å²) in [5, 5.41) is 7.83. The topological polar surface area (TPSA) is 78.0 Å². The monoisotopic (exact) mass is 443 g/mol. The largest absolute Gasteiger partial charge is 0.496 e. The molecule has 0 aliphatic carbocycles. The van der Waals surface area contributed by atoms with E-state index in [4.69, 9.17) is 9.26 Å². The number of hydrogen-bond donors (Lipinski definition) is 1. The van der Waals surface area contributed by atoms with Gasteiger partial charge in [0.25, 0.3) is 0 Å². The van der Waals surface area contributed by atoms with Gasteiger partial charge in [-0.2, -0.15) is 0 Å². The smallest absolute Gasteiger partial charge is 0.166 e. The molecule has 0 saturated heterocycles. The second-order valence-corrected chi connectivity index (χ2v) is 7.62. The Morgan fingerprint density at radius 2 is 1.85 bits per heavy atom. The first-order valence-corrected chi connectivity index (χ1v) is 10.5. The van der Waals surface area contributed by atoms with Crippen molar-refractivity contribution < 1.29 is 13.7 Å². The van der Waals surface area contributed by atoms with Crippen LogP contribution < -0.4 is 10.1 Å². The van der Waals surface area contributed by atoms with Gasteiger partial charge in [-0.15, -0.1) is 0 Å². The van der Waals surface area contributed by atoms with Crippen molar-refractivity contribution in [2.75, 3.05) is 19.0 Å². The summed E-state index contributed by atoms with van der Waals surface area (Å²) in [6, 6.07) is 16.6. The van der Waals surface area contributed by atoms with E-state index in [1.807, 2.05) is 54.0 Å². The number of aromatic nitrogens is 4. The van der Waals surface area contributed by atoms with Gasteiger partial charge in [0.1, 0.15) is 23.7 Å². The summed E-state index contributed by atoms with van der Waals surface area (Å²) >= 11 is 0. The van der Waals surface area contributed by atoms with Gasteiger partial charge in [-0.3, -0.25) is 0 Å². The summed E-state index contributed by atoms with van der Waals surface area (Å²) < 4.78 is 27.1. The molecule has 2 aromatic carbocycles. The van der Waals surface area contributed by atoms with Crippen LogP contribution in [0.1, 0.15) is 5.69 Å². The van der Waals surface area contributed by atoms with Crippen molar-refractivity contribution in [1.82, 2.24) is 19.7 Å². The van der Waals surface area contributed by atoms with Crippen molar-refractivity contribution >= 4 is 16.7 Å². The summed E-state index contributed by atoms with van der Waals surface area (Å²) in [6.45, 7) is 3.11. The zero-order valence-corrected chi connectivity index (χ0v) is 18.2. The fraction of sp³-hybridized carbons (Fsp3) is 0.160. The van der Waals surface area contributed by atoms with Crippen molar-refractivity contribution in [1.29, 1.82) is 0 Å². The van der Waals surface area contributed by atoms with Gasteiger partial charge in [0, 0.05) is 47.4 Å². The second kappa shape index (κ2) is 8.74. The lowest BCUT2D eigenvalue weighted by Crippen LogP contribution is -2.13. The van der Waals surface area contributed by atoms with Crippen LogP contribution in [0.3, 0.4) is 0 Å². The molecule has 0 unspecified atom stereocenters. The molecule has 33 heavy (non-hydrogen) atoms. The van der Waals surface area contributed by atoms with Crippen molar-refractivity contribution in [3.63, 3.8) is 0 Å². The average Bonchev–Trinajstić information content (AvgIpc) is 3.49. The minimum Gasteiger partial charge on any atom is -0.496 e. The highest BCUT2D eigenvalue weighted by atomic mass is 19.1. The SMILES string of the molecule is COc1ccc(F)c2c1cc(C)n2CCNc1cc(-c2ccc(-c3ccno3)cc2)ncn1. The molecule has 5 aromatic rings. The molecule has 8 heteroatoms. The summed E-state index contributed by atoms with van der Waals surface area (Å²) in [4.78, 5) is 8.71. The maximum Gasteiger partial charge on any atom is 0.166 e. The Kier molecular flexibility index (Phi) is 5.48. The van der Waals surface area contributed by atoms with E-state index in [9.17, 15) is 4.39 Å². The zero-order valence-electron chi connectivity index (χ0n) is 18.2. The van der Waals surface area contributed by atoms with Crippen LogP contribution >= 0.6 is 0 Å². The molecule has 0 fully saturated rings. The predicted octanol–water partition coefficient (Wildman–Crippen LogP) is 5.32. The lowest BCUT2D eigenvalue weighted by molar-refractivity contribution is 0.419. The molecule has 0 aliphatic rings. The van der Waals surface area contributed by atoms with E-state index in [0.29, 0.717) is 35.9 Å². The molecule has 166 valence electrons. The molecule has 7 nitrogen and oxygen atoms in total. The summed E-state index contributed by atoms with van der Waals surface area (Å²) in [5.41, 5.74) is 4.22. The first kappa shape index (κ1) is 20.7. The first-order chi connectivity index (χ1) is 16.1. The Balaban J connectivity index is 1.31. The number of aryl methyl sites for hydroxylation is 1. The molecular weight excluding hydrogens is 421 g/mol. The van der Waals surface area contributed by atoms with Crippen LogP contribution in [0.4, 0.5) is 10.2 Å².